The molecular formula is C13H19FN2. The minimum atomic E-state index is -0.166. The molecule has 0 atom stereocenters. The van der Waals surface area contributed by atoms with E-state index >= 15 is 0 Å². The van der Waals surface area contributed by atoms with Gasteiger partial charge in [0.05, 0.1) is 0 Å². The zero-order chi connectivity index (χ0) is 11.4. The molecular weight excluding hydrogens is 203 g/mol. The van der Waals surface area contributed by atoms with Crippen LogP contribution in [0.1, 0.15) is 19.3 Å². The van der Waals surface area contributed by atoms with Crippen molar-refractivity contribution in [3.63, 3.8) is 0 Å². The Labute approximate surface area is 96.5 Å². The van der Waals surface area contributed by atoms with Crippen molar-refractivity contribution in [3.8, 4) is 0 Å². The van der Waals surface area contributed by atoms with Crippen LogP contribution in [-0.2, 0) is 0 Å². The quantitative estimate of drug-likeness (QED) is 0.744. The second-order valence-electron chi connectivity index (χ2n) is 4.48. The topological polar surface area (TPSA) is 15.3 Å². The lowest BCUT2D eigenvalue weighted by Gasteiger charge is -2.19. The molecule has 1 N–H and O–H groups in total. The average molecular weight is 222 g/mol. The van der Waals surface area contributed by atoms with Crippen LogP contribution in [0.25, 0.3) is 0 Å². The van der Waals surface area contributed by atoms with Crippen molar-refractivity contribution in [3.05, 3.63) is 30.1 Å². The molecule has 0 heterocycles. The molecule has 88 valence electrons. The summed E-state index contributed by atoms with van der Waals surface area (Å²) in [6.07, 6.45) is 3.77. The Balaban J connectivity index is 1.71. The molecule has 0 amide bonds. The van der Waals surface area contributed by atoms with Crippen molar-refractivity contribution in [1.82, 2.24) is 5.32 Å². The molecule has 1 aliphatic rings. The highest BCUT2D eigenvalue weighted by Gasteiger charge is 2.19. The average Bonchev–Trinajstić information content (AvgIpc) is 3.08. The minimum Gasteiger partial charge on any atom is -0.374 e. The first-order valence-corrected chi connectivity index (χ1v) is 5.96. The lowest BCUT2D eigenvalue weighted by Crippen LogP contribution is -2.24. The van der Waals surface area contributed by atoms with Gasteiger partial charge in [-0.2, -0.15) is 0 Å². The molecule has 1 fully saturated rings. The van der Waals surface area contributed by atoms with Crippen LogP contribution in [0.5, 0.6) is 0 Å². The maximum Gasteiger partial charge on any atom is 0.125 e. The van der Waals surface area contributed by atoms with Crippen LogP contribution in [0.2, 0.25) is 0 Å². The maximum atomic E-state index is 13.0. The predicted molar refractivity (Wildman–Crippen MR) is 65.3 cm³/mol. The molecule has 0 unspecified atom stereocenters. The fourth-order valence-corrected chi connectivity index (χ4v) is 1.75. The van der Waals surface area contributed by atoms with Gasteiger partial charge < -0.3 is 10.2 Å². The highest BCUT2D eigenvalue weighted by molar-refractivity contribution is 5.45. The van der Waals surface area contributed by atoms with E-state index in [1.54, 1.807) is 12.1 Å². The van der Waals surface area contributed by atoms with Crippen molar-refractivity contribution in [1.29, 1.82) is 0 Å². The molecule has 16 heavy (non-hydrogen) atoms. The van der Waals surface area contributed by atoms with E-state index in [2.05, 4.69) is 10.2 Å². The summed E-state index contributed by atoms with van der Waals surface area (Å²) in [6, 6.07) is 7.53. The molecule has 0 aromatic heterocycles. The van der Waals surface area contributed by atoms with Gasteiger partial charge in [0.15, 0.2) is 0 Å². The molecule has 2 nitrogen and oxygen atoms in total. The van der Waals surface area contributed by atoms with E-state index in [9.17, 15) is 4.39 Å². The second kappa shape index (κ2) is 5.30. The number of benzene rings is 1. The predicted octanol–water partition coefficient (Wildman–Crippen LogP) is 2.40. The molecule has 0 bridgehead atoms. The molecule has 0 spiro atoms. The van der Waals surface area contributed by atoms with Crippen molar-refractivity contribution in [2.24, 2.45) is 0 Å². The van der Waals surface area contributed by atoms with Gasteiger partial charge in [0.1, 0.15) is 5.82 Å². The molecule has 3 heteroatoms. The van der Waals surface area contributed by atoms with Gasteiger partial charge in [-0.15, -0.1) is 0 Å². The number of nitrogens with zero attached hydrogens (tertiary/aromatic N) is 1. The van der Waals surface area contributed by atoms with Crippen LogP contribution in [0.4, 0.5) is 10.1 Å². The summed E-state index contributed by atoms with van der Waals surface area (Å²) in [5, 5.41) is 3.47. The van der Waals surface area contributed by atoms with Crippen LogP contribution in [0.3, 0.4) is 0 Å². The fraction of sp³-hybridized carbons (Fsp3) is 0.538. The normalized spacial score (nSPS) is 15.1. The van der Waals surface area contributed by atoms with Gasteiger partial charge in [-0.05, 0) is 44.0 Å². The summed E-state index contributed by atoms with van der Waals surface area (Å²) >= 11 is 0. The first-order chi connectivity index (χ1) is 7.75. The van der Waals surface area contributed by atoms with E-state index in [1.807, 2.05) is 13.1 Å². The Hall–Kier alpha value is -1.09. The van der Waals surface area contributed by atoms with Gasteiger partial charge in [0, 0.05) is 25.3 Å². The van der Waals surface area contributed by atoms with Crippen molar-refractivity contribution < 1.29 is 4.39 Å². The van der Waals surface area contributed by atoms with E-state index in [4.69, 9.17) is 0 Å². The summed E-state index contributed by atoms with van der Waals surface area (Å²) in [5.74, 6) is -0.166. The van der Waals surface area contributed by atoms with Gasteiger partial charge >= 0.3 is 0 Å². The standard InChI is InChI=1S/C13H19FN2/c1-16(9-3-8-15-12-6-7-12)13-5-2-4-11(14)10-13/h2,4-5,10,12,15H,3,6-9H2,1H3. The van der Waals surface area contributed by atoms with Crippen LogP contribution in [0.15, 0.2) is 24.3 Å². The molecule has 1 saturated carbocycles. The highest BCUT2D eigenvalue weighted by Crippen LogP contribution is 2.18. The van der Waals surface area contributed by atoms with E-state index < -0.39 is 0 Å². The van der Waals surface area contributed by atoms with Crippen molar-refractivity contribution in [2.75, 3.05) is 25.0 Å². The Kier molecular flexibility index (Phi) is 3.78. The molecule has 1 aliphatic carbocycles. The van der Waals surface area contributed by atoms with Crippen molar-refractivity contribution >= 4 is 5.69 Å². The summed E-state index contributed by atoms with van der Waals surface area (Å²) in [6.45, 7) is 2.02. The third-order valence-corrected chi connectivity index (χ3v) is 2.93. The Morgan fingerprint density at radius 2 is 2.25 bits per heavy atom. The molecule has 1 aromatic rings. The second-order valence-corrected chi connectivity index (χ2v) is 4.48. The summed E-state index contributed by atoms with van der Waals surface area (Å²) in [5.41, 5.74) is 0.950. The maximum absolute atomic E-state index is 13.0. The largest absolute Gasteiger partial charge is 0.374 e. The first-order valence-electron chi connectivity index (χ1n) is 5.96. The van der Waals surface area contributed by atoms with Gasteiger partial charge in [-0.1, -0.05) is 6.07 Å². The highest BCUT2D eigenvalue weighted by atomic mass is 19.1. The van der Waals surface area contributed by atoms with Crippen LogP contribution < -0.4 is 10.2 Å². The SMILES string of the molecule is CN(CCCNC1CC1)c1cccc(F)c1. The van der Waals surface area contributed by atoms with E-state index in [-0.39, 0.29) is 5.82 Å². The fourth-order valence-electron chi connectivity index (χ4n) is 1.75. The zero-order valence-corrected chi connectivity index (χ0v) is 9.75. The first kappa shape index (κ1) is 11.4. The molecule has 0 radical (unpaired) electrons. The Bertz CT molecular complexity index is 336. The van der Waals surface area contributed by atoms with Gasteiger partial charge in [0.2, 0.25) is 0 Å². The molecule has 0 saturated heterocycles. The van der Waals surface area contributed by atoms with E-state index in [1.165, 1.54) is 18.9 Å². The van der Waals surface area contributed by atoms with Gasteiger partial charge in [-0.3, -0.25) is 0 Å². The Morgan fingerprint density at radius 3 is 2.94 bits per heavy atom. The van der Waals surface area contributed by atoms with Crippen LogP contribution >= 0.6 is 0 Å². The van der Waals surface area contributed by atoms with Crippen LogP contribution in [0, 0.1) is 5.82 Å². The molecule has 1 aromatic carbocycles. The Morgan fingerprint density at radius 1 is 1.44 bits per heavy atom. The lowest BCUT2D eigenvalue weighted by atomic mass is 10.2. The number of hydrogen-bond acceptors (Lipinski definition) is 2. The summed E-state index contributed by atoms with van der Waals surface area (Å²) < 4.78 is 13.0. The zero-order valence-electron chi connectivity index (χ0n) is 9.75. The number of nitrogens with one attached hydrogen (secondary N) is 1. The lowest BCUT2D eigenvalue weighted by molar-refractivity contribution is 0.624. The van der Waals surface area contributed by atoms with Crippen molar-refractivity contribution in [2.45, 2.75) is 25.3 Å². The number of halogens is 1. The smallest absolute Gasteiger partial charge is 0.125 e. The minimum absolute atomic E-state index is 0.166. The molecule has 0 aliphatic heterocycles. The number of hydrogen-bond donors (Lipinski definition) is 1. The monoisotopic (exact) mass is 222 g/mol. The number of rotatable bonds is 6. The van der Waals surface area contributed by atoms with Gasteiger partial charge in [0.25, 0.3) is 0 Å². The third-order valence-electron chi connectivity index (χ3n) is 2.93. The summed E-state index contributed by atoms with van der Waals surface area (Å²) in [4.78, 5) is 2.09. The van der Waals surface area contributed by atoms with E-state index in [0.717, 1.165) is 31.2 Å². The van der Waals surface area contributed by atoms with Gasteiger partial charge in [-0.25, -0.2) is 4.39 Å². The third kappa shape index (κ3) is 3.49. The molecule has 2 rings (SSSR count). The van der Waals surface area contributed by atoms with Crippen LogP contribution in [-0.4, -0.2) is 26.2 Å². The van der Waals surface area contributed by atoms with E-state index in [0.29, 0.717) is 0 Å². The summed E-state index contributed by atoms with van der Waals surface area (Å²) in [7, 11) is 2.01. The number of anilines is 1.